The number of rotatable bonds is 5. The number of allylic oxidation sites excluding steroid dienone is 2. The summed E-state index contributed by atoms with van der Waals surface area (Å²) in [6.07, 6.45) is 5.66. The zero-order valence-electron chi connectivity index (χ0n) is 30.4. The second kappa shape index (κ2) is 14.1. The molecule has 4 amide bonds. The Balaban J connectivity index is 1.12. The molecule has 4 aliphatic heterocycles. The van der Waals surface area contributed by atoms with E-state index in [1.807, 2.05) is 24.3 Å². The third-order valence-corrected chi connectivity index (χ3v) is 12.7. The first-order chi connectivity index (χ1) is 25.1. The molecule has 1 aromatic carbocycles. The highest BCUT2D eigenvalue weighted by atomic mass is 32.2. The minimum Gasteiger partial charge on any atom is -0.454 e. The van der Waals surface area contributed by atoms with E-state index in [0.29, 0.717) is 43.6 Å². The summed E-state index contributed by atoms with van der Waals surface area (Å²) in [6.45, 7) is 5.73. The van der Waals surface area contributed by atoms with Gasteiger partial charge in [-0.05, 0) is 88.5 Å². The number of hydrogen-bond acceptors (Lipinski definition) is 11. The summed E-state index contributed by atoms with van der Waals surface area (Å²) in [5, 5.41) is 2.10. The van der Waals surface area contributed by atoms with Gasteiger partial charge in [-0.3, -0.25) is 24.0 Å². The molecule has 288 valence electrons. The summed E-state index contributed by atoms with van der Waals surface area (Å²) in [5.41, 5.74) is -0.315. The standard InChI is InChI=1S/C37H48N4O11S/c1-36(2,3)52-34(45)38-27-10-8-6-4-5-7-9-24-16-37(24,33(44)39-53(47,48)26-11-12-26)17-29(42)28-15-25(20-41(28)32(27)43)51-35(46)40-18-22-13-30-31(50-21-49-30)14-23(22)19-40/h7,9,13-14,24-28H,4-6,8,10-12,15-21H2,1-3H3,(H,38,45)(H,39,44)/b9-7-/t24-,25-,27+,28+,37-/m1/s1. The highest BCUT2D eigenvalue weighted by molar-refractivity contribution is 7.90. The molecule has 0 aromatic heterocycles. The Hall–Kier alpha value is -4.34. The van der Waals surface area contributed by atoms with Crippen LogP contribution in [0.2, 0.25) is 0 Å². The summed E-state index contributed by atoms with van der Waals surface area (Å²) in [6, 6.07) is 1.57. The first kappa shape index (κ1) is 37.0. The quantitative estimate of drug-likeness (QED) is 0.416. The molecule has 2 saturated carbocycles. The number of ether oxygens (including phenoxy) is 4. The van der Waals surface area contributed by atoms with Crippen molar-refractivity contribution >= 4 is 39.8 Å². The van der Waals surface area contributed by atoms with Crippen LogP contribution in [0.3, 0.4) is 0 Å². The largest absolute Gasteiger partial charge is 0.454 e. The zero-order chi connectivity index (χ0) is 37.7. The van der Waals surface area contributed by atoms with E-state index in [1.165, 1.54) is 9.80 Å². The van der Waals surface area contributed by atoms with Crippen molar-refractivity contribution in [3.05, 3.63) is 35.4 Å². The van der Waals surface area contributed by atoms with Crippen LogP contribution in [0.15, 0.2) is 24.3 Å². The summed E-state index contributed by atoms with van der Waals surface area (Å²) >= 11 is 0. The van der Waals surface area contributed by atoms with Gasteiger partial charge in [0.2, 0.25) is 28.6 Å². The first-order valence-corrected chi connectivity index (χ1v) is 20.1. The second-order valence-electron chi connectivity index (χ2n) is 16.1. The minimum absolute atomic E-state index is 0.0230. The van der Waals surface area contributed by atoms with E-state index in [2.05, 4.69) is 10.0 Å². The summed E-state index contributed by atoms with van der Waals surface area (Å²) in [7, 11) is -3.87. The van der Waals surface area contributed by atoms with Crippen molar-refractivity contribution in [2.45, 2.75) is 127 Å². The molecular weight excluding hydrogens is 708 g/mol. The van der Waals surface area contributed by atoms with Crippen LogP contribution < -0.4 is 19.5 Å². The Bertz CT molecular complexity index is 1790. The Morgan fingerprint density at radius 2 is 1.68 bits per heavy atom. The molecule has 5 atom stereocenters. The molecule has 1 aromatic rings. The summed E-state index contributed by atoms with van der Waals surface area (Å²) < 4.78 is 50.2. The SMILES string of the molecule is CC(C)(C)OC(=O)N[C@H]1CCCCC/C=C\[C@@H]2C[C@@]2(C(=O)NS(=O)(=O)C2CC2)CC(=O)[C@@H]2C[C@@H](OC(=O)N3Cc4cc5c(cc4C3)OCO5)CN2C1=O. The molecule has 16 heteroatoms. The topological polar surface area (TPSA) is 187 Å². The fourth-order valence-corrected chi connectivity index (χ4v) is 9.16. The van der Waals surface area contributed by atoms with Gasteiger partial charge in [-0.2, -0.15) is 0 Å². The molecule has 7 rings (SSSR count). The zero-order valence-corrected chi connectivity index (χ0v) is 31.2. The number of nitrogens with zero attached hydrogens (tertiary/aromatic N) is 2. The number of sulfonamides is 1. The number of fused-ring (bicyclic) bond motifs is 4. The van der Waals surface area contributed by atoms with Crippen molar-refractivity contribution in [2.75, 3.05) is 13.3 Å². The average Bonchev–Trinajstić information content (AvgIpc) is 3.89. The molecule has 1 saturated heterocycles. The van der Waals surface area contributed by atoms with Crippen LogP contribution in [0.1, 0.15) is 96.1 Å². The molecule has 0 radical (unpaired) electrons. The predicted molar refractivity (Wildman–Crippen MR) is 188 cm³/mol. The van der Waals surface area contributed by atoms with Crippen molar-refractivity contribution in [3.63, 3.8) is 0 Å². The maximum absolute atomic E-state index is 14.4. The Labute approximate surface area is 309 Å². The summed E-state index contributed by atoms with van der Waals surface area (Å²) in [5.74, 6) is -0.811. The van der Waals surface area contributed by atoms with E-state index in [4.69, 9.17) is 18.9 Å². The maximum Gasteiger partial charge on any atom is 0.410 e. The number of carbonyl (C=O) groups is 5. The molecule has 2 aliphatic carbocycles. The lowest BCUT2D eigenvalue weighted by Crippen LogP contribution is -2.53. The number of amides is 4. The van der Waals surface area contributed by atoms with Gasteiger partial charge < -0.3 is 29.2 Å². The Morgan fingerprint density at radius 3 is 2.34 bits per heavy atom. The first-order valence-electron chi connectivity index (χ1n) is 18.5. The van der Waals surface area contributed by atoms with E-state index in [9.17, 15) is 32.4 Å². The van der Waals surface area contributed by atoms with Gasteiger partial charge in [-0.15, -0.1) is 0 Å². The van der Waals surface area contributed by atoms with E-state index in [-0.39, 0.29) is 51.6 Å². The van der Waals surface area contributed by atoms with Gasteiger partial charge in [0.25, 0.3) is 0 Å². The van der Waals surface area contributed by atoms with Crippen molar-refractivity contribution in [1.29, 1.82) is 0 Å². The van der Waals surface area contributed by atoms with Gasteiger partial charge >= 0.3 is 12.2 Å². The Morgan fingerprint density at radius 1 is 0.981 bits per heavy atom. The molecule has 0 unspecified atom stereocenters. The average molecular weight is 757 g/mol. The molecule has 6 aliphatic rings. The van der Waals surface area contributed by atoms with Crippen LogP contribution in [-0.2, 0) is 47.0 Å². The third kappa shape index (κ3) is 8.11. The van der Waals surface area contributed by atoms with Gasteiger partial charge in [-0.25, -0.2) is 18.0 Å². The number of Topliss-reactive ketones (excluding diaryl/α,β-unsaturated/α-hetero) is 1. The number of carbonyl (C=O) groups excluding carboxylic acids is 5. The molecule has 0 spiro atoms. The Kier molecular flexibility index (Phi) is 9.87. The van der Waals surface area contributed by atoms with E-state index in [1.54, 1.807) is 20.8 Å². The van der Waals surface area contributed by atoms with Crippen molar-refractivity contribution < 1.29 is 51.3 Å². The predicted octanol–water partition coefficient (Wildman–Crippen LogP) is 3.82. The monoisotopic (exact) mass is 756 g/mol. The smallest absolute Gasteiger partial charge is 0.410 e. The molecule has 2 N–H and O–H groups in total. The van der Waals surface area contributed by atoms with E-state index in [0.717, 1.165) is 24.0 Å². The van der Waals surface area contributed by atoms with Crippen LogP contribution in [0.25, 0.3) is 0 Å². The lowest BCUT2D eigenvalue weighted by atomic mass is 9.91. The fourth-order valence-electron chi connectivity index (χ4n) is 7.77. The third-order valence-electron chi connectivity index (χ3n) is 10.9. The van der Waals surface area contributed by atoms with Crippen molar-refractivity contribution in [1.82, 2.24) is 19.8 Å². The highest BCUT2D eigenvalue weighted by Crippen LogP contribution is 2.57. The second-order valence-corrected chi connectivity index (χ2v) is 18.1. The molecule has 53 heavy (non-hydrogen) atoms. The maximum atomic E-state index is 14.4. The minimum atomic E-state index is -3.87. The van der Waals surface area contributed by atoms with E-state index < -0.39 is 74.3 Å². The summed E-state index contributed by atoms with van der Waals surface area (Å²) in [4.78, 5) is 71.8. The van der Waals surface area contributed by atoms with Crippen LogP contribution in [-0.4, -0.2) is 90.4 Å². The number of alkyl carbamates (subject to hydrolysis) is 1. The van der Waals surface area contributed by atoms with Crippen LogP contribution in [0.4, 0.5) is 9.59 Å². The van der Waals surface area contributed by atoms with Gasteiger partial charge in [0.1, 0.15) is 17.7 Å². The van der Waals surface area contributed by atoms with Crippen LogP contribution in [0, 0.1) is 11.3 Å². The highest BCUT2D eigenvalue weighted by Gasteiger charge is 2.61. The fraction of sp³-hybridized carbons (Fsp3) is 0.649. The van der Waals surface area contributed by atoms with Crippen molar-refractivity contribution in [3.8, 4) is 11.5 Å². The number of hydrogen-bond donors (Lipinski definition) is 2. The van der Waals surface area contributed by atoms with Gasteiger partial charge in [-0.1, -0.05) is 25.0 Å². The molecule has 3 fully saturated rings. The van der Waals surface area contributed by atoms with Gasteiger partial charge in [0, 0.05) is 25.9 Å². The van der Waals surface area contributed by atoms with Crippen LogP contribution in [0.5, 0.6) is 11.5 Å². The normalized spacial score (nSPS) is 29.2. The van der Waals surface area contributed by atoms with E-state index >= 15 is 0 Å². The lowest BCUT2D eigenvalue weighted by molar-refractivity contribution is -0.140. The molecule has 15 nitrogen and oxygen atoms in total. The lowest BCUT2D eigenvalue weighted by Gasteiger charge is -2.30. The molecular formula is C37H48N4O11S. The number of nitrogens with one attached hydrogen (secondary N) is 2. The van der Waals surface area contributed by atoms with Gasteiger partial charge in [0.15, 0.2) is 17.3 Å². The number of ketones is 1. The molecule has 0 bridgehead atoms. The van der Waals surface area contributed by atoms with Crippen LogP contribution >= 0.6 is 0 Å². The van der Waals surface area contributed by atoms with Crippen molar-refractivity contribution in [2.24, 2.45) is 11.3 Å². The van der Waals surface area contributed by atoms with Gasteiger partial charge in [0.05, 0.1) is 23.3 Å². The molecule has 4 heterocycles. The number of benzene rings is 1.